The third-order valence-corrected chi connectivity index (χ3v) is 13.6. The molecule has 3 nitrogen and oxygen atoms in total. The summed E-state index contributed by atoms with van der Waals surface area (Å²) in [5, 5.41) is 21.4. The van der Waals surface area contributed by atoms with Crippen LogP contribution in [0.15, 0.2) is 0 Å². The number of hydrogen-bond acceptors (Lipinski definition) is 2. The fraction of sp³-hybridized carbons (Fsp3) is 0.967. The molecule has 0 bridgehead atoms. The van der Waals surface area contributed by atoms with Gasteiger partial charge >= 0.3 is 5.97 Å². The Morgan fingerprint density at radius 3 is 2.03 bits per heavy atom. The normalized spacial score (nSPS) is 54.8. The van der Waals surface area contributed by atoms with Gasteiger partial charge in [-0.2, -0.15) is 0 Å². The van der Waals surface area contributed by atoms with Crippen molar-refractivity contribution in [3.05, 3.63) is 0 Å². The minimum atomic E-state index is -0.504. The van der Waals surface area contributed by atoms with Gasteiger partial charge in [-0.1, -0.05) is 48.5 Å². The van der Waals surface area contributed by atoms with Crippen LogP contribution in [0, 0.1) is 56.2 Å². The molecule has 0 saturated heterocycles. The average Bonchev–Trinajstić information content (AvgIpc) is 2.71. The van der Waals surface area contributed by atoms with Crippen molar-refractivity contribution in [3.63, 3.8) is 0 Å². The predicted molar refractivity (Wildman–Crippen MR) is 133 cm³/mol. The first-order valence-electron chi connectivity index (χ1n) is 14.1. The summed E-state index contributed by atoms with van der Waals surface area (Å²) in [4.78, 5) is 12.8. The van der Waals surface area contributed by atoms with Crippen LogP contribution in [0.5, 0.6) is 0 Å². The summed E-state index contributed by atoms with van der Waals surface area (Å²) >= 11 is 0. The lowest BCUT2D eigenvalue weighted by molar-refractivity contribution is -0.255. The van der Waals surface area contributed by atoms with Crippen LogP contribution in [0.2, 0.25) is 0 Å². The van der Waals surface area contributed by atoms with Crippen molar-refractivity contribution in [3.8, 4) is 0 Å². The second kappa shape index (κ2) is 7.01. The maximum atomic E-state index is 12.8. The molecule has 5 rings (SSSR count). The molecule has 0 aliphatic heterocycles. The van der Waals surface area contributed by atoms with Crippen molar-refractivity contribution < 1.29 is 15.0 Å². The molecule has 9 atom stereocenters. The van der Waals surface area contributed by atoms with Gasteiger partial charge in [-0.15, -0.1) is 0 Å². The third kappa shape index (κ3) is 2.93. The topological polar surface area (TPSA) is 57.5 Å². The van der Waals surface area contributed by atoms with Gasteiger partial charge < -0.3 is 10.2 Å². The van der Waals surface area contributed by atoms with E-state index < -0.39 is 11.4 Å². The van der Waals surface area contributed by atoms with E-state index >= 15 is 0 Å². The van der Waals surface area contributed by atoms with E-state index in [0.29, 0.717) is 23.7 Å². The molecule has 5 aliphatic carbocycles. The van der Waals surface area contributed by atoms with Gasteiger partial charge in [0.15, 0.2) is 0 Å². The van der Waals surface area contributed by atoms with Crippen LogP contribution in [0.25, 0.3) is 0 Å². The smallest absolute Gasteiger partial charge is 0.309 e. The third-order valence-electron chi connectivity index (χ3n) is 13.6. The molecule has 0 aromatic carbocycles. The number of hydrogen-bond donors (Lipinski definition) is 2. The molecule has 188 valence electrons. The van der Waals surface area contributed by atoms with E-state index in [2.05, 4.69) is 48.5 Å². The lowest BCUT2D eigenvalue weighted by atomic mass is 9.31. The number of carbonyl (C=O) groups is 1. The zero-order valence-electron chi connectivity index (χ0n) is 22.5. The van der Waals surface area contributed by atoms with Crippen LogP contribution in [0.3, 0.4) is 0 Å². The molecule has 3 heteroatoms. The first kappa shape index (κ1) is 24.1. The van der Waals surface area contributed by atoms with Gasteiger partial charge in [-0.25, -0.2) is 0 Å². The second-order valence-electron chi connectivity index (χ2n) is 15.5. The van der Waals surface area contributed by atoms with Crippen LogP contribution >= 0.6 is 0 Å². The summed E-state index contributed by atoms with van der Waals surface area (Å²) in [6.45, 7) is 17.2. The van der Waals surface area contributed by atoms with Gasteiger partial charge in [0.05, 0.1) is 11.5 Å². The van der Waals surface area contributed by atoms with Crippen molar-refractivity contribution in [2.45, 2.75) is 125 Å². The summed E-state index contributed by atoms with van der Waals surface area (Å²) < 4.78 is 0. The number of aliphatic carboxylic acids is 1. The molecule has 0 unspecified atom stereocenters. The van der Waals surface area contributed by atoms with Gasteiger partial charge in [0, 0.05) is 0 Å². The molecular formula is C30H50O3. The minimum absolute atomic E-state index is 0.00942. The monoisotopic (exact) mass is 458 g/mol. The number of carboxylic acids is 1. The minimum Gasteiger partial charge on any atom is -0.481 e. The number of fused-ring (bicyclic) bond motifs is 7. The first-order chi connectivity index (χ1) is 15.1. The number of carboxylic acid groups (broad SMARTS) is 1. The molecule has 0 heterocycles. The van der Waals surface area contributed by atoms with E-state index in [1.165, 1.54) is 25.7 Å². The zero-order chi connectivity index (χ0) is 24.2. The quantitative estimate of drug-likeness (QED) is 0.433. The summed E-state index contributed by atoms with van der Waals surface area (Å²) in [6.07, 6.45) is 11.8. The van der Waals surface area contributed by atoms with Crippen molar-refractivity contribution in [1.29, 1.82) is 0 Å². The molecule has 33 heavy (non-hydrogen) atoms. The Balaban J connectivity index is 1.54. The van der Waals surface area contributed by atoms with Gasteiger partial charge in [0.2, 0.25) is 0 Å². The number of aliphatic hydroxyl groups excluding tert-OH is 1. The largest absolute Gasteiger partial charge is 0.481 e. The van der Waals surface area contributed by atoms with Crippen LogP contribution < -0.4 is 0 Å². The Hall–Kier alpha value is -0.570. The summed E-state index contributed by atoms with van der Waals surface area (Å²) in [7, 11) is 0. The fourth-order valence-corrected chi connectivity index (χ4v) is 11.4. The lowest BCUT2D eigenvalue weighted by Crippen LogP contribution is -2.67. The Kier molecular flexibility index (Phi) is 5.13. The van der Waals surface area contributed by atoms with Crippen LogP contribution in [0.4, 0.5) is 0 Å². The van der Waals surface area contributed by atoms with E-state index in [1.54, 1.807) is 0 Å². The highest BCUT2D eigenvalue weighted by Crippen LogP contribution is 2.77. The maximum absolute atomic E-state index is 12.8. The Labute approximate surface area is 202 Å². The summed E-state index contributed by atoms with van der Waals surface area (Å²) in [5.74, 6) is 1.62. The average molecular weight is 459 g/mol. The van der Waals surface area contributed by atoms with Crippen LogP contribution in [0.1, 0.15) is 119 Å². The molecule has 2 N–H and O–H groups in total. The Morgan fingerprint density at radius 2 is 1.36 bits per heavy atom. The number of aliphatic hydroxyl groups is 1. The Morgan fingerprint density at radius 1 is 0.697 bits per heavy atom. The highest BCUT2D eigenvalue weighted by Gasteiger charge is 2.71. The molecule has 0 amide bonds. The Bertz CT molecular complexity index is 830. The van der Waals surface area contributed by atoms with Crippen LogP contribution in [-0.4, -0.2) is 22.3 Å². The molecule has 0 aromatic heterocycles. The van der Waals surface area contributed by atoms with E-state index in [-0.39, 0.29) is 33.2 Å². The van der Waals surface area contributed by atoms with Crippen molar-refractivity contribution in [1.82, 2.24) is 0 Å². The molecule has 5 saturated carbocycles. The second-order valence-corrected chi connectivity index (χ2v) is 15.5. The highest BCUT2D eigenvalue weighted by atomic mass is 16.4. The SMILES string of the molecule is CC1(C)CC[C@]2(C(=O)O)CC[C@]3(C)[C@H](CC[C@H]4[C@@]5(C)CC[C@H](O)C(C)(C)[C@H]5CC[C@]43C)[C@@H]2C1. The molecule has 5 aliphatic rings. The first-order valence-corrected chi connectivity index (χ1v) is 14.1. The predicted octanol–water partition coefficient (Wildman–Crippen LogP) is 7.31. The standard InChI is InChI=1S/C30H50O3/c1-25(2)14-16-30(24(32)33)17-15-28(6)19(20(30)18-25)8-9-22-27(5)12-11-23(31)26(3,4)21(27)10-13-29(22,28)7/h19-23,31H,8-18H2,1-7H3,(H,32,33)/t19-,20+,21-,22+,23+,27+,28-,29-,30+/m1/s1. The maximum Gasteiger partial charge on any atom is 0.309 e. The van der Waals surface area contributed by atoms with E-state index in [1.807, 2.05) is 0 Å². The van der Waals surface area contributed by atoms with Gasteiger partial charge in [-0.05, 0) is 121 Å². The zero-order valence-corrected chi connectivity index (χ0v) is 22.5. The molecule has 5 fully saturated rings. The molecule has 0 spiro atoms. The summed E-state index contributed by atoms with van der Waals surface area (Å²) in [5.41, 5.74) is 0.544. The van der Waals surface area contributed by atoms with Crippen LogP contribution in [-0.2, 0) is 4.79 Å². The molecular weight excluding hydrogens is 408 g/mol. The van der Waals surface area contributed by atoms with Gasteiger partial charge in [0.25, 0.3) is 0 Å². The van der Waals surface area contributed by atoms with Crippen molar-refractivity contribution >= 4 is 5.97 Å². The highest BCUT2D eigenvalue weighted by molar-refractivity contribution is 5.75. The summed E-state index contributed by atoms with van der Waals surface area (Å²) in [6, 6.07) is 0. The van der Waals surface area contributed by atoms with Gasteiger partial charge in [0.1, 0.15) is 0 Å². The van der Waals surface area contributed by atoms with Crippen molar-refractivity contribution in [2.75, 3.05) is 0 Å². The van der Waals surface area contributed by atoms with E-state index in [4.69, 9.17) is 0 Å². The van der Waals surface area contributed by atoms with Gasteiger partial charge in [-0.3, -0.25) is 4.79 Å². The van der Waals surface area contributed by atoms with E-state index in [9.17, 15) is 15.0 Å². The lowest BCUT2D eigenvalue weighted by Gasteiger charge is -2.73. The fourth-order valence-electron chi connectivity index (χ4n) is 11.4. The molecule has 0 radical (unpaired) electrons. The van der Waals surface area contributed by atoms with E-state index in [0.717, 1.165) is 44.9 Å². The van der Waals surface area contributed by atoms with Crippen molar-refractivity contribution in [2.24, 2.45) is 56.2 Å². The number of rotatable bonds is 1. The molecule has 0 aromatic rings.